The molecule has 2 fully saturated rings. The normalized spacial score (nSPS) is 30.5. The number of anilines is 1. The van der Waals surface area contributed by atoms with Crippen molar-refractivity contribution in [3.8, 4) is 5.75 Å². The van der Waals surface area contributed by atoms with Gasteiger partial charge in [0, 0.05) is 0 Å². The number of allylic oxidation sites excluding steroid dienone is 2. The molecule has 25 heavy (non-hydrogen) atoms. The van der Waals surface area contributed by atoms with Gasteiger partial charge in [0.15, 0.2) is 0 Å². The van der Waals surface area contributed by atoms with E-state index < -0.39 is 12.2 Å². The van der Waals surface area contributed by atoms with Crippen LogP contribution < -0.4 is 10.6 Å². The summed E-state index contributed by atoms with van der Waals surface area (Å²) in [4.78, 5) is 38.7. The molecule has 1 aliphatic heterocycles. The van der Waals surface area contributed by atoms with Gasteiger partial charge in [0.2, 0.25) is 11.8 Å². The van der Waals surface area contributed by atoms with E-state index in [1.807, 2.05) is 12.2 Å². The zero-order valence-electron chi connectivity index (χ0n) is 13.7. The van der Waals surface area contributed by atoms with E-state index in [-0.39, 0.29) is 46.9 Å². The molecule has 1 aromatic carbocycles. The fraction of sp³-hybridized carbons (Fsp3) is 0.389. The average molecular weight is 341 g/mol. The molecule has 1 aromatic rings. The van der Waals surface area contributed by atoms with Gasteiger partial charge in [-0.1, -0.05) is 24.3 Å². The van der Waals surface area contributed by atoms with Crippen LogP contribution in [0.25, 0.3) is 0 Å². The lowest BCUT2D eigenvalue weighted by Crippen LogP contribution is -2.51. The van der Waals surface area contributed by atoms with Crippen LogP contribution in [0.3, 0.4) is 0 Å². The van der Waals surface area contributed by atoms with Crippen LogP contribution in [-0.2, 0) is 9.59 Å². The van der Waals surface area contributed by atoms with E-state index in [1.54, 1.807) is 25.1 Å². The van der Waals surface area contributed by atoms with Crippen LogP contribution in [0.2, 0.25) is 0 Å². The Kier molecular flexibility index (Phi) is 3.52. The number of hydrogen-bond acceptors (Lipinski definition) is 4. The smallest absolute Gasteiger partial charge is 0.320 e. The first-order chi connectivity index (χ1) is 12.0. The van der Waals surface area contributed by atoms with Gasteiger partial charge >= 0.3 is 6.03 Å². The fourth-order valence-corrected chi connectivity index (χ4v) is 4.30. The van der Waals surface area contributed by atoms with Crippen molar-refractivity contribution in [1.29, 1.82) is 0 Å². The molecule has 1 heterocycles. The highest BCUT2D eigenvalue weighted by Gasteiger charge is 2.60. The van der Waals surface area contributed by atoms with Crippen molar-refractivity contribution in [3.05, 3.63) is 36.4 Å². The molecule has 3 aliphatic rings. The third-order valence-corrected chi connectivity index (χ3v) is 5.38. The number of fused-ring (bicyclic) bond motifs is 5. The van der Waals surface area contributed by atoms with Crippen LogP contribution in [-0.4, -0.2) is 34.0 Å². The predicted molar refractivity (Wildman–Crippen MR) is 89.3 cm³/mol. The summed E-state index contributed by atoms with van der Waals surface area (Å²) in [6, 6.07) is 5.74. The number of aromatic hydroxyl groups is 1. The van der Waals surface area contributed by atoms with Gasteiger partial charge in [0.05, 0.1) is 17.5 Å². The second-order valence-corrected chi connectivity index (χ2v) is 6.84. The monoisotopic (exact) mass is 341 g/mol. The summed E-state index contributed by atoms with van der Waals surface area (Å²) in [5.41, 5.74) is 0.255. The Morgan fingerprint density at radius 2 is 1.76 bits per heavy atom. The van der Waals surface area contributed by atoms with Gasteiger partial charge in [-0.15, -0.1) is 0 Å². The number of nitrogens with zero attached hydrogens (tertiary/aromatic N) is 1. The van der Waals surface area contributed by atoms with E-state index in [2.05, 4.69) is 10.6 Å². The molecule has 4 rings (SSSR count). The lowest BCUT2D eigenvalue weighted by molar-refractivity contribution is -0.143. The van der Waals surface area contributed by atoms with Crippen molar-refractivity contribution in [1.82, 2.24) is 10.2 Å². The van der Waals surface area contributed by atoms with Gasteiger partial charge in [-0.25, -0.2) is 4.79 Å². The number of benzene rings is 1. The number of amides is 4. The van der Waals surface area contributed by atoms with Crippen molar-refractivity contribution in [2.75, 3.05) is 5.32 Å². The van der Waals surface area contributed by atoms with Gasteiger partial charge in [-0.05, 0) is 37.3 Å². The Morgan fingerprint density at radius 1 is 1.16 bits per heavy atom. The van der Waals surface area contributed by atoms with E-state index >= 15 is 0 Å². The summed E-state index contributed by atoms with van der Waals surface area (Å²) >= 11 is 0. The molecule has 3 N–H and O–H groups in total. The van der Waals surface area contributed by atoms with Crippen LogP contribution in [0.4, 0.5) is 10.5 Å². The second-order valence-electron chi connectivity index (χ2n) is 6.84. The number of likely N-dealkylation sites (tertiary alicyclic amines) is 1. The summed E-state index contributed by atoms with van der Waals surface area (Å²) in [6.45, 7) is 1.61. The largest absolute Gasteiger partial charge is 0.506 e. The Morgan fingerprint density at radius 3 is 2.36 bits per heavy atom. The third-order valence-electron chi connectivity index (χ3n) is 5.38. The third kappa shape index (κ3) is 2.38. The number of phenolic OH excluding ortho intramolecular Hbond substituents is 1. The van der Waals surface area contributed by atoms with Crippen molar-refractivity contribution < 1.29 is 19.5 Å². The number of nitrogens with one attached hydrogen (secondary N) is 2. The molecule has 0 radical (unpaired) electrons. The first-order valence-corrected chi connectivity index (χ1v) is 8.38. The first kappa shape index (κ1) is 15.7. The topological polar surface area (TPSA) is 98.7 Å². The maximum absolute atomic E-state index is 12.7. The fourth-order valence-electron chi connectivity index (χ4n) is 4.30. The second kappa shape index (κ2) is 5.61. The predicted octanol–water partition coefficient (Wildman–Crippen LogP) is 1.67. The van der Waals surface area contributed by atoms with Crippen molar-refractivity contribution in [3.63, 3.8) is 0 Å². The number of carbonyl (C=O) groups excluding carboxylic acids is 3. The van der Waals surface area contributed by atoms with Gasteiger partial charge in [-0.2, -0.15) is 0 Å². The maximum Gasteiger partial charge on any atom is 0.320 e. The molecule has 2 aliphatic carbocycles. The van der Waals surface area contributed by atoms with E-state index in [9.17, 15) is 19.5 Å². The minimum absolute atomic E-state index is 0.0594. The summed E-state index contributed by atoms with van der Waals surface area (Å²) in [5.74, 6) is -0.765. The Hall–Kier alpha value is -2.83. The Bertz CT molecular complexity index is 760. The van der Waals surface area contributed by atoms with Gasteiger partial charge in [0.1, 0.15) is 11.9 Å². The Balaban J connectivity index is 1.44. The number of phenols is 1. The molecule has 0 aromatic heterocycles. The molecule has 0 unspecified atom stereocenters. The van der Waals surface area contributed by atoms with Gasteiger partial charge in [0.25, 0.3) is 0 Å². The highest BCUT2D eigenvalue weighted by Crippen LogP contribution is 2.52. The molecule has 1 saturated carbocycles. The molecule has 5 atom stereocenters. The van der Waals surface area contributed by atoms with Crippen molar-refractivity contribution in [2.24, 2.45) is 23.7 Å². The van der Waals surface area contributed by atoms with Crippen molar-refractivity contribution >= 4 is 23.5 Å². The SMILES string of the molecule is C[C@H](NC(=O)Nc1ccccc1O)N1C(=O)[C@@H]2[C@@H](C1=O)[C@H]1C=C[C@H]2C1. The number of hydrogen-bond donors (Lipinski definition) is 3. The molecular weight excluding hydrogens is 322 g/mol. The molecule has 4 amide bonds. The summed E-state index contributed by atoms with van der Waals surface area (Å²) in [7, 11) is 0. The zero-order chi connectivity index (χ0) is 17.7. The van der Waals surface area contributed by atoms with Crippen LogP contribution in [0.1, 0.15) is 13.3 Å². The highest BCUT2D eigenvalue weighted by molar-refractivity contribution is 6.07. The minimum Gasteiger partial charge on any atom is -0.506 e. The summed E-state index contributed by atoms with van der Waals surface area (Å²) in [5, 5.41) is 14.8. The molecule has 2 bridgehead atoms. The number of para-hydroxylation sites is 2. The number of carbonyl (C=O) groups is 3. The first-order valence-electron chi connectivity index (χ1n) is 8.38. The number of urea groups is 1. The molecule has 7 heteroatoms. The van der Waals surface area contributed by atoms with Crippen LogP contribution in [0, 0.1) is 23.7 Å². The zero-order valence-corrected chi connectivity index (χ0v) is 13.7. The van der Waals surface area contributed by atoms with E-state index in [1.165, 1.54) is 11.0 Å². The maximum atomic E-state index is 12.7. The van der Waals surface area contributed by atoms with Crippen LogP contribution in [0.15, 0.2) is 36.4 Å². The van der Waals surface area contributed by atoms with E-state index in [0.29, 0.717) is 0 Å². The lowest BCUT2D eigenvalue weighted by atomic mass is 9.85. The molecule has 7 nitrogen and oxygen atoms in total. The molecule has 1 saturated heterocycles. The quantitative estimate of drug-likeness (QED) is 0.442. The molecule has 0 spiro atoms. The van der Waals surface area contributed by atoms with Gasteiger partial charge in [-0.3, -0.25) is 14.5 Å². The van der Waals surface area contributed by atoms with Crippen LogP contribution >= 0.6 is 0 Å². The van der Waals surface area contributed by atoms with Crippen molar-refractivity contribution in [2.45, 2.75) is 19.5 Å². The summed E-state index contributed by atoms with van der Waals surface area (Å²) < 4.78 is 0. The highest BCUT2D eigenvalue weighted by atomic mass is 16.3. The van der Waals surface area contributed by atoms with E-state index in [0.717, 1.165) is 6.42 Å². The van der Waals surface area contributed by atoms with Crippen LogP contribution in [0.5, 0.6) is 5.75 Å². The lowest BCUT2D eigenvalue weighted by Gasteiger charge is -2.25. The molecule has 130 valence electrons. The van der Waals surface area contributed by atoms with Gasteiger partial charge < -0.3 is 15.7 Å². The standard InChI is InChI=1S/C18H19N3O4/c1-9(19-18(25)20-12-4-2-3-5-13(12)22)21-16(23)14-10-6-7-11(8-10)15(14)17(21)24/h2-7,9-11,14-15,22H,8H2,1H3,(H2,19,20,25)/t9-,10+,11+,14+,15+/m1/s1. The Labute approximate surface area is 144 Å². The average Bonchev–Trinajstić information content (AvgIpc) is 3.23. The minimum atomic E-state index is -0.754. The molecular formula is C18H19N3O4. The van der Waals surface area contributed by atoms with E-state index in [4.69, 9.17) is 0 Å². The summed E-state index contributed by atoms with van der Waals surface area (Å²) in [6.07, 6.45) is 4.18. The number of imide groups is 1. The number of rotatable bonds is 3.